The molecular formula is C57H36N4O. The van der Waals surface area contributed by atoms with Crippen molar-refractivity contribution in [3.05, 3.63) is 218 Å². The number of para-hydroxylation sites is 2. The maximum absolute atomic E-state index is 6.93. The Hall–Kier alpha value is -8.41. The summed E-state index contributed by atoms with van der Waals surface area (Å²) in [6, 6.07) is 76.1. The Bertz CT molecular complexity index is 3490. The molecule has 3 heterocycles. The Labute approximate surface area is 357 Å². The number of furan rings is 1. The predicted molar refractivity (Wildman–Crippen MR) is 254 cm³/mol. The summed E-state index contributed by atoms with van der Waals surface area (Å²) in [4.78, 5) is 15.6. The molecule has 0 aliphatic carbocycles. The number of fused-ring (bicyclic) bond motifs is 6. The molecule has 62 heavy (non-hydrogen) atoms. The van der Waals surface area contributed by atoms with Gasteiger partial charge in [0.05, 0.1) is 16.7 Å². The van der Waals surface area contributed by atoms with Crippen molar-refractivity contribution in [3.8, 4) is 73.2 Å². The van der Waals surface area contributed by atoms with Crippen LogP contribution < -0.4 is 0 Å². The maximum Gasteiger partial charge on any atom is 0.164 e. The lowest BCUT2D eigenvalue weighted by Crippen LogP contribution is -2.00. The normalized spacial score (nSPS) is 11.5. The molecule has 12 aromatic rings. The van der Waals surface area contributed by atoms with Crippen molar-refractivity contribution >= 4 is 43.7 Å². The smallest absolute Gasteiger partial charge is 0.164 e. The molecule has 12 rings (SSSR count). The third kappa shape index (κ3) is 5.98. The fourth-order valence-electron chi connectivity index (χ4n) is 8.97. The third-order valence-corrected chi connectivity index (χ3v) is 11.9. The van der Waals surface area contributed by atoms with Gasteiger partial charge in [-0.1, -0.05) is 194 Å². The average Bonchev–Trinajstić information content (AvgIpc) is 3.91. The number of hydrogen-bond acceptors (Lipinski definition) is 4. The van der Waals surface area contributed by atoms with Crippen molar-refractivity contribution in [3.63, 3.8) is 0 Å². The molecule has 0 unspecified atom stereocenters. The number of aromatic nitrogens is 4. The SMILES string of the molecule is c1ccc(-c2ccc(-c3nc(-c4ccc(-c5ccccc5)cc4)nc(-c4cccc5oc6c(-n7c8ccccc8c8c(-c9ccccc9)cccc87)cccc6c45)n3)cc2)cc1. The molecule has 0 bridgehead atoms. The topological polar surface area (TPSA) is 56.7 Å². The highest BCUT2D eigenvalue weighted by Gasteiger charge is 2.22. The number of hydrogen-bond donors (Lipinski definition) is 0. The van der Waals surface area contributed by atoms with E-state index in [-0.39, 0.29) is 0 Å². The minimum absolute atomic E-state index is 0.576. The van der Waals surface area contributed by atoms with Gasteiger partial charge in [-0.05, 0) is 57.6 Å². The van der Waals surface area contributed by atoms with Gasteiger partial charge in [0.1, 0.15) is 5.58 Å². The molecule has 0 amide bonds. The number of benzene rings is 9. The van der Waals surface area contributed by atoms with Crippen molar-refractivity contribution in [2.75, 3.05) is 0 Å². The monoisotopic (exact) mass is 792 g/mol. The molecule has 5 nitrogen and oxygen atoms in total. The van der Waals surface area contributed by atoms with E-state index in [2.05, 4.69) is 199 Å². The summed E-state index contributed by atoms with van der Waals surface area (Å²) in [5.41, 5.74) is 14.4. The predicted octanol–water partition coefficient (Wildman–Crippen LogP) is 14.9. The van der Waals surface area contributed by atoms with Gasteiger partial charge in [0, 0.05) is 38.2 Å². The van der Waals surface area contributed by atoms with Gasteiger partial charge >= 0.3 is 0 Å². The van der Waals surface area contributed by atoms with E-state index in [9.17, 15) is 0 Å². The lowest BCUT2D eigenvalue weighted by atomic mass is 9.99. The first kappa shape index (κ1) is 35.5. The highest BCUT2D eigenvalue weighted by Crippen LogP contribution is 2.43. The van der Waals surface area contributed by atoms with Crippen molar-refractivity contribution in [2.24, 2.45) is 0 Å². The summed E-state index contributed by atoms with van der Waals surface area (Å²) in [5, 5.41) is 4.34. The van der Waals surface area contributed by atoms with Gasteiger partial charge in [0.2, 0.25) is 0 Å². The molecule has 0 N–H and O–H groups in total. The number of rotatable bonds is 7. The first-order valence-electron chi connectivity index (χ1n) is 20.9. The molecule has 5 heteroatoms. The Morgan fingerprint density at radius 2 is 0.774 bits per heavy atom. The van der Waals surface area contributed by atoms with Crippen LogP contribution in [0.4, 0.5) is 0 Å². The van der Waals surface area contributed by atoms with Crippen molar-refractivity contribution in [2.45, 2.75) is 0 Å². The molecule has 3 aromatic heterocycles. The Morgan fingerprint density at radius 3 is 1.42 bits per heavy atom. The summed E-state index contributed by atoms with van der Waals surface area (Å²) >= 11 is 0. The second kappa shape index (κ2) is 14.7. The molecule has 9 aromatic carbocycles. The largest absolute Gasteiger partial charge is 0.454 e. The highest BCUT2D eigenvalue weighted by molar-refractivity contribution is 6.18. The van der Waals surface area contributed by atoms with Crippen molar-refractivity contribution in [1.29, 1.82) is 0 Å². The minimum Gasteiger partial charge on any atom is -0.454 e. The van der Waals surface area contributed by atoms with Crippen LogP contribution in [0.15, 0.2) is 223 Å². The van der Waals surface area contributed by atoms with E-state index in [1.807, 2.05) is 24.3 Å². The van der Waals surface area contributed by atoms with Crippen LogP contribution in [0.25, 0.3) is 117 Å². The Balaban J connectivity index is 1.05. The Morgan fingerprint density at radius 1 is 0.306 bits per heavy atom. The summed E-state index contributed by atoms with van der Waals surface area (Å²) in [5.74, 6) is 1.77. The number of nitrogens with zero attached hydrogens (tertiary/aromatic N) is 4. The molecule has 0 saturated heterocycles. The first-order valence-corrected chi connectivity index (χ1v) is 20.9. The highest BCUT2D eigenvalue weighted by atomic mass is 16.3. The lowest BCUT2D eigenvalue weighted by Gasteiger charge is -2.11. The fourth-order valence-corrected chi connectivity index (χ4v) is 8.97. The third-order valence-electron chi connectivity index (χ3n) is 11.9. The minimum atomic E-state index is 0.576. The van der Waals surface area contributed by atoms with E-state index in [4.69, 9.17) is 19.4 Å². The molecule has 0 radical (unpaired) electrons. The van der Waals surface area contributed by atoms with Crippen LogP contribution >= 0.6 is 0 Å². The zero-order valence-corrected chi connectivity index (χ0v) is 33.5. The van der Waals surface area contributed by atoms with E-state index in [0.717, 1.165) is 77.6 Å². The average molecular weight is 793 g/mol. The fraction of sp³-hybridized carbons (Fsp3) is 0. The van der Waals surface area contributed by atoms with Crippen LogP contribution in [0.3, 0.4) is 0 Å². The second-order valence-electron chi connectivity index (χ2n) is 15.5. The zero-order chi connectivity index (χ0) is 41.0. The molecule has 0 saturated carbocycles. The quantitative estimate of drug-likeness (QED) is 0.161. The van der Waals surface area contributed by atoms with E-state index in [1.165, 1.54) is 21.9 Å². The van der Waals surface area contributed by atoms with Gasteiger partial charge in [-0.25, -0.2) is 15.0 Å². The van der Waals surface area contributed by atoms with Crippen LogP contribution in [0.5, 0.6) is 0 Å². The van der Waals surface area contributed by atoms with Crippen molar-refractivity contribution < 1.29 is 4.42 Å². The summed E-state index contributed by atoms with van der Waals surface area (Å²) < 4.78 is 9.28. The molecule has 0 aliphatic rings. The summed E-state index contributed by atoms with van der Waals surface area (Å²) in [7, 11) is 0. The molecule has 0 spiro atoms. The van der Waals surface area contributed by atoms with Gasteiger partial charge < -0.3 is 8.98 Å². The van der Waals surface area contributed by atoms with E-state index < -0.39 is 0 Å². The molecule has 0 aliphatic heterocycles. The maximum atomic E-state index is 6.93. The Kier molecular flexibility index (Phi) is 8.42. The summed E-state index contributed by atoms with van der Waals surface area (Å²) in [6.07, 6.45) is 0. The van der Waals surface area contributed by atoms with Gasteiger partial charge in [0.25, 0.3) is 0 Å². The van der Waals surface area contributed by atoms with Gasteiger partial charge in [0.15, 0.2) is 23.1 Å². The first-order chi connectivity index (χ1) is 30.7. The van der Waals surface area contributed by atoms with Gasteiger partial charge in [-0.2, -0.15) is 0 Å². The lowest BCUT2D eigenvalue weighted by molar-refractivity contribution is 0.666. The molecule has 0 fully saturated rings. The van der Waals surface area contributed by atoms with Crippen LogP contribution in [0, 0.1) is 0 Å². The van der Waals surface area contributed by atoms with E-state index >= 15 is 0 Å². The van der Waals surface area contributed by atoms with E-state index in [0.29, 0.717) is 17.5 Å². The summed E-state index contributed by atoms with van der Waals surface area (Å²) in [6.45, 7) is 0. The van der Waals surface area contributed by atoms with E-state index in [1.54, 1.807) is 0 Å². The van der Waals surface area contributed by atoms with Crippen LogP contribution in [0.1, 0.15) is 0 Å². The van der Waals surface area contributed by atoms with Crippen LogP contribution in [-0.4, -0.2) is 19.5 Å². The van der Waals surface area contributed by atoms with Gasteiger partial charge in [-0.3, -0.25) is 0 Å². The van der Waals surface area contributed by atoms with Crippen molar-refractivity contribution in [1.82, 2.24) is 19.5 Å². The molecule has 290 valence electrons. The standard InChI is InChI=1S/C57H36N4O/c1-4-15-37(16-5-1)39-29-33-42(34-30-39)55-58-56(43-35-31-40(32-36-43)38-17-6-2-7-18-38)60-57(59-55)47-24-14-28-51-53(47)46-23-13-27-50(54(46)62-51)61-48-25-11-10-21-45(48)52-44(22-12-26-49(52)61)41-19-8-3-9-20-41/h1-36H. The van der Waals surface area contributed by atoms with Gasteiger partial charge in [-0.15, -0.1) is 0 Å². The zero-order valence-electron chi connectivity index (χ0n) is 33.5. The second-order valence-corrected chi connectivity index (χ2v) is 15.5. The molecule has 0 atom stereocenters. The van der Waals surface area contributed by atoms with Crippen LogP contribution in [0.2, 0.25) is 0 Å². The molecular weight excluding hydrogens is 757 g/mol. The van der Waals surface area contributed by atoms with Crippen LogP contribution in [-0.2, 0) is 0 Å².